The molecule has 0 bridgehead atoms. The zero-order chi connectivity index (χ0) is 21.1. The number of thiophene rings is 1. The average Bonchev–Trinajstić information content (AvgIpc) is 3.49. The molecule has 0 unspecified atom stereocenters. The van der Waals surface area contributed by atoms with Crippen LogP contribution in [0.15, 0.2) is 41.1 Å². The summed E-state index contributed by atoms with van der Waals surface area (Å²) in [5.74, 6) is 0.0848. The van der Waals surface area contributed by atoms with Gasteiger partial charge in [-0.15, -0.1) is 0 Å². The van der Waals surface area contributed by atoms with Crippen LogP contribution in [0.2, 0.25) is 0 Å². The van der Waals surface area contributed by atoms with Crippen molar-refractivity contribution in [1.29, 1.82) is 0 Å². The number of ether oxygens (including phenoxy) is 1. The van der Waals surface area contributed by atoms with Crippen LogP contribution in [0.3, 0.4) is 0 Å². The molecule has 1 aromatic heterocycles. The van der Waals surface area contributed by atoms with Gasteiger partial charge in [-0.1, -0.05) is 24.3 Å². The molecular weight excluding hydrogens is 396 g/mol. The summed E-state index contributed by atoms with van der Waals surface area (Å²) in [5, 5.41) is 7.31. The number of carbonyl (C=O) groups excluding carboxylic acids is 2. The van der Waals surface area contributed by atoms with Crippen molar-refractivity contribution < 1.29 is 14.3 Å². The van der Waals surface area contributed by atoms with Crippen molar-refractivity contribution in [3.8, 4) is 11.1 Å². The van der Waals surface area contributed by atoms with E-state index in [1.807, 2.05) is 18.7 Å². The van der Waals surface area contributed by atoms with Crippen LogP contribution in [0, 0.1) is 5.41 Å². The molecule has 0 saturated carbocycles. The van der Waals surface area contributed by atoms with Crippen LogP contribution in [0.1, 0.15) is 38.7 Å². The molecule has 30 heavy (non-hydrogen) atoms. The summed E-state index contributed by atoms with van der Waals surface area (Å²) in [6.45, 7) is 5.67. The van der Waals surface area contributed by atoms with E-state index >= 15 is 0 Å². The third kappa shape index (κ3) is 4.44. The largest absolute Gasteiger partial charge is 0.368 e. The van der Waals surface area contributed by atoms with Gasteiger partial charge in [-0.2, -0.15) is 11.3 Å². The topological polar surface area (TPSA) is 58.6 Å². The Kier molecular flexibility index (Phi) is 6.25. The van der Waals surface area contributed by atoms with Crippen molar-refractivity contribution in [3.05, 3.63) is 46.7 Å². The quantitative estimate of drug-likeness (QED) is 0.763. The molecular formula is C24H30N2O3S. The minimum atomic E-state index is -0.595. The third-order valence-electron chi connectivity index (χ3n) is 6.12. The van der Waals surface area contributed by atoms with E-state index < -0.39 is 5.41 Å². The van der Waals surface area contributed by atoms with Crippen LogP contribution in [0.25, 0.3) is 11.1 Å². The lowest BCUT2D eigenvalue weighted by Gasteiger charge is -2.30. The van der Waals surface area contributed by atoms with Gasteiger partial charge in [0.1, 0.15) is 6.10 Å². The first-order chi connectivity index (χ1) is 14.5. The van der Waals surface area contributed by atoms with E-state index in [4.69, 9.17) is 4.74 Å². The average molecular weight is 427 g/mol. The number of carbonyl (C=O) groups is 2. The van der Waals surface area contributed by atoms with Gasteiger partial charge in [0.2, 0.25) is 5.91 Å². The molecule has 2 aromatic rings. The lowest BCUT2D eigenvalue weighted by molar-refractivity contribution is -0.141. The SMILES string of the molecule is CC(C)NC(=O)[C@@]1(Cc2ccc(-c3ccsc3)cc2)CCN(C(=O)[C@H]2CCCO2)C1. The van der Waals surface area contributed by atoms with Crippen LogP contribution < -0.4 is 5.32 Å². The summed E-state index contributed by atoms with van der Waals surface area (Å²) in [4.78, 5) is 28.0. The van der Waals surface area contributed by atoms with E-state index in [0.717, 1.165) is 18.4 Å². The Morgan fingerprint density at radius 2 is 2.03 bits per heavy atom. The number of hydrogen-bond acceptors (Lipinski definition) is 4. The number of hydrogen-bond donors (Lipinski definition) is 1. The van der Waals surface area contributed by atoms with Gasteiger partial charge in [0, 0.05) is 25.7 Å². The molecule has 160 valence electrons. The standard InChI is InChI=1S/C24H30N2O3S/c1-17(2)25-23(28)24(10-11-26(16-24)22(27)21-4-3-12-29-21)14-18-5-7-19(8-6-18)20-9-13-30-15-20/h5-9,13,15,17,21H,3-4,10-12,14,16H2,1-2H3,(H,25,28)/t21-,24-/m1/s1. The summed E-state index contributed by atoms with van der Waals surface area (Å²) in [6, 6.07) is 10.6. The van der Waals surface area contributed by atoms with Crippen LogP contribution in [0.4, 0.5) is 0 Å². The van der Waals surface area contributed by atoms with Crippen molar-refractivity contribution in [3.63, 3.8) is 0 Å². The molecule has 0 spiro atoms. The smallest absolute Gasteiger partial charge is 0.251 e. The molecule has 6 heteroatoms. The van der Waals surface area contributed by atoms with E-state index in [1.54, 1.807) is 11.3 Å². The first-order valence-electron chi connectivity index (χ1n) is 10.8. The number of likely N-dealkylation sites (tertiary alicyclic amines) is 1. The van der Waals surface area contributed by atoms with E-state index in [2.05, 4.69) is 46.4 Å². The highest BCUT2D eigenvalue weighted by atomic mass is 32.1. The highest BCUT2D eigenvalue weighted by Gasteiger charge is 2.47. The molecule has 1 aromatic carbocycles. The zero-order valence-corrected chi connectivity index (χ0v) is 18.5. The second-order valence-corrected chi connectivity index (χ2v) is 9.59. The van der Waals surface area contributed by atoms with Gasteiger partial charge in [0.05, 0.1) is 5.41 Å². The first kappa shape index (κ1) is 21.1. The van der Waals surface area contributed by atoms with Gasteiger partial charge in [-0.25, -0.2) is 0 Å². The second kappa shape index (κ2) is 8.90. The summed E-state index contributed by atoms with van der Waals surface area (Å²) in [5.41, 5.74) is 2.93. The Hall–Kier alpha value is -2.18. The van der Waals surface area contributed by atoms with Gasteiger partial charge < -0.3 is 15.0 Å². The molecule has 0 radical (unpaired) electrons. The molecule has 2 aliphatic heterocycles. The number of rotatable bonds is 6. The first-order valence-corrected chi connectivity index (χ1v) is 11.7. The molecule has 5 nitrogen and oxygen atoms in total. The van der Waals surface area contributed by atoms with Crippen LogP contribution in [0.5, 0.6) is 0 Å². The van der Waals surface area contributed by atoms with Crippen LogP contribution in [-0.2, 0) is 20.7 Å². The maximum atomic E-state index is 13.2. The second-order valence-electron chi connectivity index (χ2n) is 8.81. The molecule has 2 aliphatic rings. The summed E-state index contributed by atoms with van der Waals surface area (Å²) < 4.78 is 5.60. The lowest BCUT2D eigenvalue weighted by atomic mass is 9.79. The Morgan fingerprint density at radius 3 is 2.67 bits per heavy atom. The molecule has 0 aliphatic carbocycles. The Morgan fingerprint density at radius 1 is 1.23 bits per heavy atom. The zero-order valence-electron chi connectivity index (χ0n) is 17.7. The fourth-order valence-electron chi connectivity index (χ4n) is 4.50. The normalized spacial score (nSPS) is 23.8. The van der Waals surface area contributed by atoms with Gasteiger partial charge in [0.15, 0.2) is 0 Å². The molecule has 3 heterocycles. The highest BCUT2D eigenvalue weighted by Crippen LogP contribution is 2.36. The highest BCUT2D eigenvalue weighted by molar-refractivity contribution is 7.08. The molecule has 1 N–H and O–H groups in total. The number of amides is 2. The molecule has 2 fully saturated rings. The van der Waals surface area contributed by atoms with Gasteiger partial charge in [-0.05, 0) is 73.0 Å². The number of nitrogens with zero attached hydrogens (tertiary/aromatic N) is 1. The van der Waals surface area contributed by atoms with E-state index in [9.17, 15) is 9.59 Å². The van der Waals surface area contributed by atoms with E-state index in [-0.39, 0.29) is 24.0 Å². The molecule has 2 atom stereocenters. The Balaban J connectivity index is 1.53. The Bertz CT molecular complexity index is 872. The Labute approximate surface area is 182 Å². The van der Waals surface area contributed by atoms with Gasteiger partial charge in [0.25, 0.3) is 5.91 Å². The van der Waals surface area contributed by atoms with Crippen LogP contribution in [-0.4, -0.2) is 48.6 Å². The van der Waals surface area contributed by atoms with Crippen molar-refractivity contribution >= 4 is 23.2 Å². The fraction of sp³-hybridized carbons (Fsp3) is 0.500. The fourth-order valence-corrected chi connectivity index (χ4v) is 5.16. The molecule has 2 saturated heterocycles. The molecule has 2 amide bonds. The van der Waals surface area contributed by atoms with E-state index in [0.29, 0.717) is 32.5 Å². The molecule has 4 rings (SSSR count). The minimum Gasteiger partial charge on any atom is -0.368 e. The minimum absolute atomic E-state index is 0.0412. The van der Waals surface area contributed by atoms with Crippen molar-refractivity contribution in [2.24, 2.45) is 5.41 Å². The van der Waals surface area contributed by atoms with Crippen molar-refractivity contribution in [2.45, 2.75) is 51.7 Å². The maximum absolute atomic E-state index is 13.2. The van der Waals surface area contributed by atoms with Gasteiger partial charge >= 0.3 is 0 Å². The van der Waals surface area contributed by atoms with Gasteiger partial charge in [-0.3, -0.25) is 9.59 Å². The van der Waals surface area contributed by atoms with Crippen molar-refractivity contribution in [1.82, 2.24) is 10.2 Å². The van der Waals surface area contributed by atoms with E-state index in [1.165, 1.54) is 11.1 Å². The summed E-state index contributed by atoms with van der Waals surface area (Å²) in [6.07, 6.45) is 2.68. The van der Waals surface area contributed by atoms with Crippen LogP contribution >= 0.6 is 11.3 Å². The van der Waals surface area contributed by atoms with Crippen molar-refractivity contribution in [2.75, 3.05) is 19.7 Å². The summed E-state index contributed by atoms with van der Waals surface area (Å²) in [7, 11) is 0. The maximum Gasteiger partial charge on any atom is 0.251 e. The lowest BCUT2D eigenvalue weighted by Crippen LogP contribution is -2.48. The predicted molar refractivity (Wildman–Crippen MR) is 119 cm³/mol. The predicted octanol–water partition coefficient (Wildman–Crippen LogP) is 3.88. The monoisotopic (exact) mass is 426 g/mol. The number of nitrogens with one attached hydrogen (secondary N) is 1. The third-order valence-corrected chi connectivity index (χ3v) is 6.81. The summed E-state index contributed by atoms with van der Waals surface area (Å²) >= 11 is 1.69. The number of benzene rings is 1.